The van der Waals surface area contributed by atoms with Gasteiger partial charge in [-0.25, -0.2) is 4.98 Å². The number of alkyl halides is 3. The molecule has 0 aliphatic carbocycles. The summed E-state index contributed by atoms with van der Waals surface area (Å²) in [4.78, 5) is 3.52. The largest absolute Gasteiger partial charge is 0.417 e. The summed E-state index contributed by atoms with van der Waals surface area (Å²) in [6, 6.07) is 2.55. The summed E-state index contributed by atoms with van der Waals surface area (Å²) in [6.45, 7) is 1.72. The minimum atomic E-state index is -4.44. The zero-order chi connectivity index (χ0) is 11.5. The molecular formula is C9H7F3N2S. The van der Waals surface area contributed by atoms with Gasteiger partial charge < -0.3 is 0 Å². The minimum absolute atomic E-state index is 0.0880. The number of aromatic nitrogens is 1. The quantitative estimate of drug-likeness (QED) is 0.735. The van der Waals surface area contributed by atoms with E-state index in [1.54, 1.807) is 13.0 Å². The van der Waals surface area contributed by atoms with Gasteiger partial charge in [-0.15, -0.1) is 11.8 Å². The summed E-state index contributed by atoms with van der Waals surface area (Å²) in [7, 11) is 0. The molecule has 0 saturated carbocycles. The molecule has 1 heterocycles. The van der Waals surface area contributed by atoms with E-state index < -0.39 is 11.7 Å². The van der Waals surface area contributed by atoms with Gasteiger partial charge in [0.25, 0.3) is 0 Å². The van der Waals surface area contributed by atoms with E-state index in [1.807, 2.05) is 0 Å². The molecule has 0 fully saturated rings. The molecule has 0 spiro atoms. The van der Waals surface area contributed by atoms with Crippen molar-refractivity contribution >= 4 is 11.8 Å². The van der Waals surface area contributed by atoms with Crippen LogP contribution in [0.4, 0.5) is 13.2 Å². The second-order valence-electron chi connectivity index (χ2n) is 2.58. The Balaban J connectivity index is 3.33. The van der Waals surface area contributed by atoms with Gasteiger partial charge in [0.1, 0.15) is 6.07 Å². The van der Waals surface area contributed by atoms with E-state index in [9.17, 15) is 13.2 Å². The summed E-state index contributed by atoms with van der Waals surface area (Å²) >= 11 is 0.975. The number of hydrogen-bond acceptors (Lipinski definition) is 3. The highest BCUT2D eigenvalue weighted by atomic mass is 32.2. The monoisotopic (exact) mass is 232 g/mol. The molecule has 0 amide bonds. The summed E-state index contributed by atoms with van der Waals surface area (Å²) < 4.78 is 37.6. The number of rotatable bonds is 2. The maximum Gasteiger partial charge on any atom is 0.417 e. The molecule has 6 heteroatoms. The molecule has 80 valence electrons. The molecule has 1 aromatic heterocycles. The average molecular weight is 232 g/mol. The molecule has 2 nitrogen and oxygen atoms in total. The number of nitriles is 1. The molecule has 0 atom stereocenters. The van der Waals surface area contributed by atoms with E-state index in [0.717, 1.165) is 24.0 Å². The van der Waals surface area contributed by atoms with Gasteiger partial charge in [-0.05, 0) is 11.8 Å². The highest BCUT2D eigenvalue weighted by Gasteiger charge is 2.34. The van der Waals surface area contributed by atoms with Crippen LogP contribution in [0.15, 0.2) is 17.2 Å². The van der Waals surface area contributed by atoms with Crippen molar-refractivity contribution in [2.75, 3.05) is 5.75 Å². The molecule has 15 heavy (non-hydrogen) atoms. The van der Waals surface area contributed by atoms with Crippen LogP contribution in [0, 0.1) is 11.3 Å². The topological polar surface area (TPSA) is 36.7 Å². The van der Waals surface area contributed by atoms with Gasteiger partial charge in [0.15, 0.2) is 5.69 Å². The first kappa shape index (κ1) is 11.9. The van der Waals surface area contributed by atoms with Crippen molar-refractivity contribution in [1.29, 1.82) is 5.26 Å². The van der Waals surface area contributed by atoms with Crippen molar-refractivity contribution < 1.29 is 13.2 Å². The van der Waals surface area contributed by atoms with Crippen LogP contribution in [0.3, 0.4) is 0 Å². The van der Waals surface area contributed by atoms with Gasteiger partial charge in [-0.1, -0.05) is 6.92 Å². The fourth-order valence-corrected chi connectivity index (χ4v) is 1.90. The Morgan fingerprint density at radius 1 is 1.53 bits per heavy atom. The lowest BCUT2D eigenvalue weighted by molar-refractivity contribution is -0.139. The van der Waals surface area contributed by atoms with Gasteiger partial charge in [0.05, 0.1) is 10.5 Å². The Morgan fingerprint density at radius 2 is 2.20 bits per heavy atom. The lowest BCUT2D eigenvalue weighted by Crippen LogP contribution is -2.08. The Labute approximate surface area is 89.1 Å². The Morgan fingerprint density at radius 3 is 2.67 bits per heavy atom. The Kier molecular flexibility index (Phi) is 3.58. The standard InChI is InChI=1S/C9H7F3N2S/c1-2-15-8-6(9(10,11)12)3-4-14-7(8)5-13/h3-4H,2H2,1H3. The summed E-state index contributed by atoms with van der Waals surface area (Å²) in [5.41, 5.74) is -0.961. The zero-order valence-corrected chi connectivity index (χ0v) is 8.61. The van der Waals surface area contributed by atoms with Crippen molar-refractivity contribution in [3.8, 4) is 6.07 Å². The van der Waals surface area contributed by atoms with Gasteiger partial charge in [0, 0.05) is 6.20 Å². The third-order valence-corrected chi connectivity index (χ3v) is 2.60. The molecule has 0 radical (unpaired) electrons. The van der Waals surface area contributed by atoms with Gasteiger partial charge >= 0.3 is 6.18 Å². The number of nitrogens with zero attached hydrogens (tertiary/aromatic N) is 2. The first-order chi connectivity index (χ1) is 7.00. The molecule has 1 rings (SSSR count). The van der Waals surface area contributed by atoms with E-state index in [2.05, 4.69) is 4.98 Å². The van der Waals surface area contributed by atoms with Crippen LogP contribution in [0.25, 0.3) is 0 Å². The van der Waals surface area contributed by atoms with Crippen LogP contribution >= 0.6 is 11.8 Å². The maximum atomic E-state index is 12.5. The van der Waals surface area contributed by atoms with Gasteiger partial charge in [0.2, 0.25) is 0 Å². The van der Waals surface area contributed by atoms with Crippen molar-refractivity contribution in [3.05, 3.63) is 23.5 Å². The smallest absolute Gasteiger partial charge is 0.244 e. The summed E-state index contributed by atoms with van der Waals surface area (Å²) in [6.07, 6.45) is -3.44. The van der Waals surface area contributed by atoms with Crippen LogP contribution in [0.2, 0.25) is 0 Å². The van der Waals surface area contributed by atoms with Crippen LogP contribution in [0.1, 0.15) is 18.2 Å². The number of thioether (sulfide) groups is 1. The summed E-state index contributed by atoms with van der Waals surface area (Å²) in [5, 5.41) is 8.64. The van der Waals surface area contributed by atoms with Crippen molar-refractivity contribution in [2.24, 2.45) is 0 Å². The second-order valence-corrected chi connectivity index (χ2v) is 3.85. The van der Waals surface area contributed by atoms with Gasteiger partial charge in [-0.2, -0.15) is 18.4 Å². The minimum Gasteiger partial charge on any atom is -0.244 e. The molecule has 0 N–H and O–H groups in total. The lowest BCUT2D eigenvalue weighted by atomic mass is 10.2. The molecule has 1 aromatic rings. The van der Waals surface area contributed by atoms with Crippen molar-refractivity contribution in [1.82, 2.24) is 4.98 Å². The van der Waals surface area contributed by atoms with E-state index in [1.165, 1.54) is 0 Å². The second kappa shape index (κ2) is 4.53. The third-order valence-electron chi connectivity index (χ3n) is 1.60. The maximum absolute atomic E-state index is 12.5. The summed E-state index contributed by atoms with van der Waals surface area (Å²) in [5.74, 6) is 0.462. The normalized spacial score (nSPS) is 11.1. The molecular weight excluding hydrogens is 225 g/mol. The predicted octanol–water partition coefficient (Wildman–Crippen LogP) is 3.08. The number of halogens is 3. The van der Waals surface area contributed by atoms with Crippen molar-refractivity contribution in [3.63, 3.8) is 0 Å². The highest BCUT2D eigenvalue weighted by molar-refractivity contribution is 7.99. The lowest BCUT2D eigenvalue weighted by Gasteiger charge is -2.11. The first-order valence-electron chi connectivity index (χ1n) is 4.09. The molecule has 0 aliphatic heterocycles. The molecule has 0 unspecified atom stereocenters. The van der Waals surface area contributed by atoms with Crippen molar-refractivity contribution in [2.45, 2.75) is 18.0 Å². The highest BCUT2D eigenvalue weighted by Crippen LogP contribution is 2.37. The average Bonchev–Trinajstić information content (AvgIpc) is 2.17. The fourth-order valence-electron chi connectivity index (χ4n) is 1.04. The first-order valence-corrected chi connectivity index (χ1v) is 5.08. The zero-order valence-electron chi connectivity index (χ0n) is 7.80. The SMILES string of the molecule is CCSc1c(C(F)(F)F)ccnc1C#N. The van der Waals surface area contributed by atoms with Crippen LogP contribution in [0.5, 0.6) is 0 Å². The van der Waals surface area contributed by atoms with E-state index in [-0.39, 0.29) is 10.6 Å². The van der Waals surface area contributed by atoms with E-state index in [4.69, 9.17) is 5.26 Å². The Bertz CT molecular complexity index is 395. The molecule has 0 bridgehead atoms. The van der Waals surface area contributed by atoms with Crippen LogP contribution in [-0.2, 0) is 6.18 Å². The molecule has 0 aliphatic rings. The van der Waals surface area contributed by atoms with E-state index in [0.29, 0.717) is 5.75 Å². The molecule has 0 aromatic carbocycles. The molecule has 0 saturated heterocycles. The van der Waals surface area contributed by atoms with E-state index >= 15 is 0 Å². The number of pyridine rings is 1. The number of hydrogen-bond donors (Lipinski definition) is 0. The Hall–Kier alpha value is -1.22. The predicted molar refractivity (Wildman–Crippen MR) is 50.4 cm³/mol. The van der Waals surface area contributed by atoms with Crippen LogP contribution in [-0.4, -0.2) is 10.7 Å². The fraction of sp³-hybridized carbons (Fsp3) is 0.333. The third kappa shape index (κ3) is 2.63. The van der Waals surface area contributed by atoms with Gasteiger partial charge in [-0.3, -0.25) is 0 Å². The van der Waals surface area contributed by atoms with Crippen LogP contribution < -0.4 is 0 Å².